The minimum atomic E-state index is 0.558. The Bertz CT molecular complexity index is 331. The highest BCUT2D eigenvalue weighted by atomic mass is 79.9. The Morgan fingerprint density at radius 1 is 1.18 bits per heavy atom. The Hall–Kier alpha value is -0.580. The quantitative estimate of drug-likeness (QED) is 0.591. The summed E-state index contributed by atoms with van der Waals surface area (Å²) in [6.45, 7) is 4.80. The number of halogens is 1. The lowest BCUT2D eigenvalue weighted by Crippen LogP contribution is -2.05. The lowest BCUT2D eigenvalue weighted by Gasteiger charge is -2.08. The van der Waals surface area contributed by atoms with Crippen LogP contribution in [0, 0.1) is 0 Å². The molecule has 0 bridgehead atoms. The lowest BCUT2D eigenvalue weighted by atomic mass is 10.2. The van der Waals surface area contributed by atoms with Gasteiger partial charge < -0.3 is 15.2 Å². The van der Waals surface area contributed by atoms with Crippen molar-refractivity contribution in [1.82, 2.24) is 0 Å². The minimum Gasteiger partial charge on any atom is -0.398 e. The Kier molecular flexibility index (Phi) is 7.24. The molecule has 3 nitrogen and oxygen atoms in total. The standard InChI is InChI=1S/C13H20BrNO2/c1-2-3-7-16-8-9-17-10-11-5-4-6-12(15)13(11)14/h4-6H,2-3,7-10,15H2,1H3. The number of hydrogen-bond donors (Lipinski definition) is 1. The fourth-order valence-electron chi connectivity index (χ4n) is 1.36. The average molecular weight is 302 g/mol. The third-order valence-electron chi connectivity index (χ3n) is 2.38. The molecule has 0 aromatic heterocycles. The van der Waals surface area contributed by atoms with Crippen LogP contribution in [0.15, 0.2) is 22.7 Å². The second-order valence-corrected chi connectivity index (χ2v) is 4.63. The van der Waals surface area contributed by atoms with Crippen LogP contribution in [0.4, 0.5) is 5.69 Å². The van der Waals surface area contributed by atoms with E-state index in [2.05, 4.69) is 22.9 Å². The minimum absolute atomic E-state index is 0.558. The van der Waals surface area contributed by atoms with Crippen LogP contribution in [0.25, 0.3) is 0 Å². The first-order chi connectivity index (χ1) is 8.25. The largest absolute Gasteiger partial charge is 0.398 e. The molecule has 96 valence electrons. The van der Waals surface area contributed by atoms with Crippen molar-refractivity contribution in [2.24, 2.45) is 0 Å². The summed E-state index contributed by atoms with van der Waals surface area (Å²) in [4.78, 5) is 0. The molecule has 0 saturated carbocycles. The smallest absolute Gasteiger partial charge is 0.0729 e. The molecule has 0 spiro atoms. The Morgan fingerprint density at radius 2 is 1.94 bits per heavy atom. The monoisotopic (exact) mass is 301 g/mol. The molecule has 0 fully saturated rings. The molecule has 0 unspecified atom stereocenters. The second-order valence-electron chi connectivity index (χ2n) is 3.84. The van der Waals surface area contributed by atoms with E-state index in [1.165, 1.54) is 0 Å². The number of ether oxygens (including phenoxy) is 2. The predicted octanol–water partition coefficient (Wildman–Crippen LogP) is 3.36. The first-order valence-electron chi connectivity index (χ1n) is 5.94. The van der Waals surface area contributed by atoms with Gasteiger partial charge in [-0.15, -0.1) is 0 Å². The number of nitrogens with two attached hydrogens (primary N) is 1. The fourth-order valence-corrected chi connectivity index (χ4v) is 1.74. The van der Waals surface area contributed by atoms with E-state index in [4.69, 9.17) is 15.2 Å². The number of nitrogen functional groups attached to an aromatic ring is 1. The van der Waals surface area contributed by atoms with Crippen molar-refractivity contribution < 1.29 is 9.47 Å². The van der Waals surface area contributed by atoms with Crippen molar-refractivity contribution >= 4 is 21.6 Å². The summed E-state index contributed by atoms with van der Waals surface area (Å²) in [6.07, 6.45) is 2.28. The van der Waals surface area contributed by atoms with Crippen molar-refractivity contribution in [3.8, 4) is 0 Å². The molecule has 1 aromatic carbocycles. The van der Waals surface area contributed by atoms with Crippen molar-refractivity contribution in [2.45, 2.75) is 26.4 Å². The van der Waals surface area contributed by atoms with Gasteiger partial charge in [-0.25, -0.2) is 0 Å². The van der Waals surface area contributed by atoms with Gasteiger partial charge in [-0.05, 0) is 34.0 Å². The number of unbranched alkanes of at least 4 members (excludes halogenated alkanes) is 1. The van der Waals surface area contributed by atoms with Crippen molar-refractivity contribution in [3.63, 3.8) is 0 Å². The Labute approximate surface area is 111 Å². The number of hydrogen-bond acceptors (Lipinski definition) is 3. The van der Waals surface area contributed by atoms with Gasteiger partial charge in [-0.2, -0.15) is 0 Å². The van der Waals surface area contributed by atoms with Crippen LogP contribution in [0.3, 0.4) is 0 Å². The summed E-state index contributed by atoms with van der Waals surface area (Å²) in [5.41, 5.74) is 7.59. The van der Waals surface area contributed by atoms with Crippen molar-refractivity contribution in [2.75, 3.05) is 25.6 Å². The molecule has 0 aliphatic carbocycles. The molecular weight excluding hydrogens is 282 g/mol. The van der Waals surface area contributed by atoms with E-state index >= 15 is 0 Å². The normalized spacial score (nSPS) is 10.7. The molecule has 1 aromatic rings. The molecule has 0 aliphatic heterocycles. The third-order valence-corrected chi connectivity index (χ3v) is 3.35. The van der Waals surface area contributed by atoms with Gasteiger partial charge in [0.2, 0.25) is 0 Å². The Morgan fingerprint density at radius 3 is 2.71 bits per heavy atom. The molecule has 0 atom stereocenters. The zero-order valence-electron chi connectivity index (χ0n) is 10.2. The predicted molar refractivity (Wildman–Crippen MR) is 73.9 cm³/mol. The number of anilines is 1. The SMILES string of the molecule is CCCCOCCOCc1cccc(N)c1Br. The van der Waals surface area contributed by atoms with E-state index in [-0.39, 0.29) is 0 Å². The molecule has 0 radical (unpaired) electrons. The number of benzene rings is 1. The molecule has 0 saturated heterocycles. The maximum absolute atomic E-state index is 5.78. The van der Waals surface area contributed by atoms with E-state index in [1.54, 1.807) is 0 Å². The first-order valence-corrected chi connectivity index (χ1v) is 6.73. The topological polar surface area (TPSA) is 44.5 Å². The molecule has 2 N–H and O–H groups in total. The van der Waals surface area contributed by atoms with Gasteiger partial charge in [0.1, 0.15) is 0 Å². The van der Waals surface area contributed by atoms with Crippen LogP contribution in [-0.4, -0.2) is 19.8 Å². The molecular formula is C13H20BrNO2. The Balaban J connectivity index is 2.16. The second kappa shape index (κ2) is 8.50. The zero-order chi connectivity index (χ0) is 12.5. The highest BCUT2D eigenvalue weighted by molar-refractivity contribution is 9.10. The highest BCUT2D eigenvalue weighted by Gasteiger charge is 2.02. The maximum atomic E-state index is 5.78. The highest BCUT2D eigenvalue weighted by Crippen LogP contribution is 2.24. The van der Waals surface area contributed by atoms with Crippen LogP contribution < -0.4 is 5.73 Å². The van der Waals surface area contributed by atoms with Crippen molar-refractivity contribution in [3.05, 3.63) is 28.2 Å². The third kappa shape index (κ3) is 5.52. The van der Waals surface area contributed by atoms with Crippen molar-refractivity contribution in [1.29, 1.82) is 0 Å². The van der Waals surface area contributed by atoms with Crippen LogP contribution in [-0.2, 0) is 16.1 Å². The van der Waals surface area contributed by atoms with Crippen LogP contribution in [0.5, 0.6) is 0 Å². The van der Waals surface area contributed by atoms with E-state index in [1.807, 2.05) is 18.2 Å². The first kappa shape index (κ1) is 14.5. The summed E-state index contributed by atoms with van der Waals surface area (Å²) < 4.78 is 11.9. The van der Waals surface area contributed by atoms with Crippen LogP contribution >= 0.6 is 15.9 Å². The van der Waals surface area contributed by atoms with Gasteiger partial charge in [0, 0.05) is 16.8 Å². The molecule has 17 heavy (non-hydrogen) atoms. The van der Waals surface area contributed by atoms with Gasteiger partial charge in [-0.3, -0.25) is 0 Å². The fraction of sp³-hybridized carbons (Fsp3) is 0.538. The lowest BCUT2D eigenvalue weighted by molar-refractivity contribution is 0.0395. The zero-order valence-corrected chi connectivity index (χ0v) is 11.8. The van der Waals surface area contributed by atoms with Crippen LogP contribution in [0.2, 0.25) is 0 Å². The molecule has 0 aliphatic rings. The summed E-state index contributed by atoms with van der Waals surface area (Å²) in [5.74, 6) is 0. The summed E-state index contributed by atoms with van der Waals surface area (Å²) in [7, 11) is 0. The van der Waals surface area contributed by atoms with Crippen LogP contribution in [0.1, 0.15) is 25.3 Å². The average Bonchev–Trinajstić information content (AvgIpc) is 2.33. The van der Waals surface area contributed by atoms with Gasteiger partial charge in [0.15, 0.2) is 0 Å². The molecule has 0 heterocycles. The maximum Gasteiger partial charge on any atom is 0.0729 e. The van der Waals surface area contributed by atoms with E-state index in [9.17, 15) is 0 Å². The van der Waals surface area contributed by atoms with E-state index in [0.717, 1.165) is 35.2 Å². The van der Waals surface area contributed by atoms with Gasteiger partial charge in [0.05, 0.1) is 19.8 Å². The molecule has 0 amide bonds. The van der Waals surface area contributed by atoms with E-state index < -0.39 is 0 Å². The summed E-state index contributed by atoms with van der Waals surface area (Å²) in [5, 5.41) is 0. The van der Waals surface area contributed by atoms with Gasteiger partial charge >= 0.3 is 0 Å². The molecule has 4 heteroatoms. The van der Waals surface area contributed by atoms with Gasteiger partial charge in [0.25, 0.3) is 0 Å². The summed E-state index contributed by atoms with van der Waals surface area (Å²) in [6, 6.07) is 5.79. The van der Waals surface area contributed by atoms with E-state index in [0.29, 0.717) is 19.8 Å². The number of rotatable bonds is 8. The molecule has 1 rings (SSSR count). The van der Waals surface area contributed by atoms with Gasteiger partial charge in [-0.1, -0.05) is 25.5 Å². The summed E-state index contributed by atoms with van der Waals surface area (Å²) >= 11 is 3.45.